The van der Waals surface area contributed by atoms with Crippen LogP contribution in [0.5, 0.6) is 0 Å². The van der Waals surface area contributed by atoms with E-state index in [9.17, 15) is 9.59 Å². The highest BCUT2D eigenvalue weighted by molar-refractivity contribution is 6.30. The summed E-state index contributed by atoms with van der Waals surface area (Å²) in [6.07, 6.45) is 7.46. The molecule has 8 nitrogen and oxygen atoms in total. The van der Waals surface area contributed by atoms with Gasteiger partial charge in [-0.15, -0.1) is 0 Å². The highest BCUT2D eigenvalue weighted by Gasteiger charge is 2.33. The molecule has 2 aromatic heterocycles. The number of furan rings is 1. The van der Waals surface area contributed by atoms with Gasteiger partial charge in [0.1, 0.15) is 11.8 Å². The summed E-state index contributed by atoms with van der Waals surface area (Å²) in [6.45, 7) is -0.471. The van der Waals surface area contributed by atoms with Gasteiger partial charge in [0, 0.05) is 17.4 Å². The third-order valence-corrected chi connectivity index (χ3v) is 4.45. The summed E-state index contributed by atoms with van der Waals surface area (Å²) in [5, 5.41) is 1.96. The van der Waals surface area contributed by atoms with Crippen molar-refractivity contribution >= 4 is 29.2 Å². The smallest absolute Gasteiger partial charge is 0.359 e. The molecule has 0 spiro atoms. The zero-order valence-electron chi connectivity index (χ0n) is 15.0. The monoisotopic (exact) mass is 410 g/mol. The van der Waals surface area contributed by atoms with Gasteiger partial charge in [0.15, 0.2) is 12.3 Å². The second-order valence-corrected chi connectivity index (χ2v) is 6.53. The van der Waals surface area contributed by atoms with Crippen molar-refractivity contribution in [2.45, 2.75) is 6.04 Å². The second kappa shape index (κ2) is 8.15. The standard InChI is InChI=1S/C20H15ClN4O4/c21-14-5-3-13(4-6-14)15-10-17(18-2-1-9-28-18)25(24-15)19(26)12-29-20(27)16-11-22-7-8-23-16/h1-11,17,24H,12H2/t17-/m1/s1. The number of carbonyl (C=O) groups excluding carboxylic acids is 2. The van der Waals surface area contributed by atoms with Gasteiger partial charge in [-0.1, -0.05) is 23.7 Å². The fourth-order valence-corrected chi connectivity index (χ4v) is 2.95. The van der Waals surface area contributed by atoms with E-state index >= 15 is 0 Å². The molecular weight excluding hydrogens is 396 g/mol. The molecule has 1 aliphatic heterocycles. The van der Waals surface area contributed by atoms with E-state index in [1.165, 1.54) is 29.9 Å². The van der Waals surface area contributed by atoms with E-state index in [0.29, 0.717) is 16.5 Å². The van der Waals surface area contributed by atoms with E-state index in [0.717, 1.165) is 5.56 Å². The number of benzene rings is 1. The Kier molecular flexibility index (Phi) is 5.26. The lowest BCUT2D eigenvalue weighted by atomic mass is 10.1. The number of hydrogen-bond donors (Lipinski definition) is 1. The number of nitrogens with one attached hydrogen (secondary N) is 1. The van der Waals surface area contributed by atoms with E-state index < -0.39 is 24.5 Å². The van der Waals surface area contributed by atoms with Crippen molar-refractivity contribution in [3.63, 3.8) is 0 Å². The van der Waals surface area contributed by atoms with Crippen LogP contribution in [0.3, 0.4) is 0 Å². The number of rotatable bonds is 5. The number of amides is 1. The molecule has 146 valence electrons. The van der Waals surface area contributed by atoms with Gasteiger partial charge in [-0.2, -0.15) is 0 Å². The molecule has 1 N–H and O–H groups in total. The molecule has 0 radical (unpaired) electrons. The third-order valence-electron chi connectivity index (χ3n) is 4.20. The van der Waals surface area contributed by atoms with Crippen LogP contribution >= 0.6 is 11.6 Å². The molecule has 0 bridgehead atoms. The molecule has 4 rings (SSSR count). The van der Waals surface area contributed by atoms with Crippen molar-refractivity contribution in [1.82, 2.24) is 20.4 Å². The summed E-state index contributed by atoms with van der Waals surface area (Å²) >= 11 is 5.95. The SMILES string of the molecule is O=C(OCC(=O)N1NC(c2ccc(Cl)cc2)=C[C@@H]1c1ccco1)c1cnccn1. The van der Waals surface area contributed by atoms with E-state index in [2.05, 4.69) is 15.4 Å². The largest absolute Gasteiger partial charge is 0.467 e. The van der Waals surface area contributed by atoms with Crippen molar-refractivity contribution in [3.05, 3.63) is 89.4 Å². The van der Waals surface area contributed by atoms with E-state index in [4.69, 9.17) is 20.8 Å². The first kappa shape index (κ1) is 18.7. The number of esters is 1. The first-order chi connectivity index (χ1) is 14.1. The second-order valence-electron chi connectivity index (χ2n) is 6.09. The van der Waals surface area contributed by atoms with Crippen molar-refractivity contribution in [2.24, 2.45) is 0 Å². The van der Waals surface area contributed by atoms with Crippen LogP contribution in [0.15, 0.2) is 71.7 Å². The fourth-order valence-electron chi connectivity index (χ4n) is 2.82. The maximum atomic E-state index is 12.8. The number of carbonyl (C=O) groups is 2. The summed E-state index contributed by atoms with van der Waals surface area (Å²) in [5.74, 6) is -0.620. The van der Waals surface area contributed by atoms with Gasteiger partial charge in [-0.05, 0) is 35.9 Å². The summed E-state index contributed by atoms with van der Waals surface area (Å²) in [7, 11) is 0. The summed E-state index contributed by atoms with van der Waals surface area (Å²) < 4.78 is 10.6. The molecule has 9 heteroatoms. The molecule has 0 saturated carbocycles. The topological polar surface area (TPSA) is 97.6 Å². The highest BCUT2D eigenvalue weighted by atomic mass is 35.5. The molecule has 0 unspecified atom stereocenters. The summed E-state index contributed by atoms with van der Waals surface area (Å²) in [4.78, 5) is 32.5. The third kappa shape index (κ3) is 4.12. The van der Waals surface area contributed by atoms with Crippen molar-refractivity contribution in [2.75, 3.05) is 6.61 Å². The van der Waals surface area contributed by atoms with Crippen molar-refractivity contribution < 1.29 is 18.7 Å². The maximum absolute atomic E-state index is 12.8. The van der Waals surface area contributed by atoms with Crippen LogP contribution in [0.2, 0.25) is 5.02 Å². The Morgan fingerprint density at radius 1 is 1.21 bits per heavy atom. The molecule has 1 amide bonds. The minimum absolute atomic E-state index is 0.0252. The van der Waals surface area contributed by atoms with Gasteiger partial charge in [0.2, 0.25) is 0 Å². The predicted octanol–water partition coefficient (Wildman–Crippen LogP) is 3.01. The Morgan fingerprint density at radius 2 is 2.03 bits per heavy atom. The van der Waals surface area contributed by atoms with E-state index in [1.807, 2.05) is 18.2 Å². The van der Waals surface area contributed by atoms with Gasteiger partial charge in [0.25, 0.3) is 5.91 Å². The number of nitrogens with zero attached hydrogens (tertiary/aromatic N) is 3. The lowest BCUT2D eigenvalue weighted by molar-refractivity contribution is -0.138. The Labute approximate surface area is 170 Å². The molecular formula is C20H15ClN4O4. The molecule has 0 saturated heterocycles. The van der Waals surface area contributed by atoms with Crippen LogP contribution in [0.4, 0.5) is 0 Å². The Bertz CT molecular complexity index is 1040. The number of ether oxygens (including phenoxy) is 1. The lowest BCUT2D eigenvalue weighted by Crippen LogP contribution is -2.42. The zero-order valence-corrected chi connectivity index (χ0v) is 15.7. The molecule has 1 aromatic carbocycles. The number of hydrazine groups is 1. The Morgan fingerprint density at radius 3 is 2.72 bits per heavy atom. The Hall–Kier alpha value is -3.65. The molecule has 1 atom stereocenters. The minimum atomic E-state index is -0.730. The van der Waals surface area contributed by atoms with Gasteiger partial charge in [-0.3, -0.25) is 15.2 Å². The fraction of sp³-hybridized carbons (Fsp3) is 0.100. The summed E-state index contributed by atoms with van der Waals surface area (Å²) in [5.41, 5.74) is 4.63. The van der Waals surface area contributed by atoms with Crippen molar-refractivity contribution in [1.29, 1.82) is 0 Å². The van der Waals surface area contributed by atoms with Gasteiger partial charge >= 0.3 is 5.97 Å². The first-order valence-electron chi connectivity index (χ1n) is 8.65. The van der Waals surface area contributed by atoms with Crippen LogP contribution in [0.1, 0.15) is 27.9 Å². The number of halogens is 1. The van der Waals surface area contributed by atoms with Crippen LogP contribution in [-0.2, 0) is 9.53 Å². The first-order valence-corrected chi connectivity index (χ1v) is 9.02. The van der Waals surface area contributed by atoms with E-state index in [1.54, 1.807) is 24.3 Å². The average Bonchev–Trinajstić information content (AvgIpc) is 3.43. The van der Waals surface area contributed by atoms with Gasteiger partial charge in [-0.25, -0.2) is 14.8 Å². The normalized spacial score (nSPS) is 15.6. The highest BCUT2D eigenvalue weighted by Crippen LogP contribution is 2.31. The Balaban J connectivity index is 1.50. The lowest BCUT2D eigenvalue weighted by Gasteiger charge is -2.23. The molecule has 0 aliphatic carbocycles. The molecule has 1 aliphatic rings. The van der Waals surface area contributed by atoms with Crippen LogP contribution in [0.25, 0.3) is 5.70 Å². The molecule has 3 aromatic rings. The number of hydrogen-bond acceptors (Lipinski definition) is 7. The maximum Gasteiger partial charge on any atom is 0.359 e. The number of aromatic nitrogens is 2. The molecule has 0 fully saturated rings. The zero-order chi connectivity index (χ0) is 20.2. The quantitative estimate of drug-likeness (QED) is 0.645. The van der Waals surface area contributed by atoms with Crippen LogP contribution < -0.4 is 5.43 Å². The molecule has 3 heterocycles. The minimum Gasteiger partial charge on any atom is -0.467 e. The average molecular weight is 411 g/mol. The van der Waals surface area contributed by atoms with Crippen LogP contribution in [-0.4, -0.2) is 33.5 Å². The molecule has 29 heavy (non-hydrogen) atoms. The predicted molar refractivity (Wildman–Crippen MR) is 103 cm³/mol. The van der Waals surface area contributed by atoms with Gasteiger partial charge in [0.05, 0.1) is 18.2 Å². The van der Waals surface area contributed by atoms with Crippen LogP contribution in [0, 0.1) is 0 Å². The van der Waals surface area contributed by atoms with E-state index in [-0.39, 0.29) is 5.69 Å². The summed E-state index contributed by atoms with van der Waals surface area (Å²) in [6, 6.07) is 10.2. The van der Waals surface area contributed by atoms with Gasteiger partial charge < -0.3 is 9.15 Å². The van der Waals surface area contributed by atoms with Crippen molar-refractivity contribution in [3.8, 4) is 0 Å².